The molecular weight excluding hydrogens is 192 g/mol. The highest BCUT2D eigenvalue weighted by atomic mass is 16.5. The van der Waals surface area contributed by atoms with Crippen LogP contribution in [0.25, 0.3) is 0 Å². The summed E-state index contributed by atoms with van der Waals surface area (Å²) in [5.41, 5.74) is 0. The van der Waals surface area contributed by atoms with Crippen molar-refractivity contribution in [2.75, 3.05) is 26.3 Å². The predicted octanol–water partition coefficient (Wildman–Crippen LogP) is 0.137. The average Bonchev–Trinajstić information content (AvgIpc) is 2.70. The van der Waals surface area contributed by atoms with Crippen LogP contribution in [0.4, 0.5) is 0 Å². The SMILES string of the molecule is CC1CCNC(=O)C1NCC1CCOC1. The lowest BCUT2D eigenvalue weighted by atomic mass is 9.93. The standard InChI is InChI=1S/C11H20N2O2/c1-8-2-4-12-11(14)10(8)13-6-9-3-5-15-7-9/h8-10,13H,2-7H2,1H3,(H,12,14). The van der Waals surface area contributed by atoms with Crippen molar-refractivity contribution in [3.05, 3.63) is 0 Å². The molecule has 0 aromatic heterocycles. The summed E-state index contributed by atoms with van der Waals surface area (Å²) in [6.45, 7) is 5.59. The zero-order valence-corrected chi connectivity index (χ0v) is 9.29. The molecule has 1 amide bonds. The lowest BCUT2D eigenvalue weighted by molar-refractivity contribution is -0.126. The summed E-state index contributed by atoms with van der Waals surface area (Å²) in [5.74, 6) is 1.20. The molecule has 0 bridgehead atoms. The monoisotopic (exact) mass is 212 g/mol. The number of carbonyl (C=O) groups is 1. The van der Waals surface area contributed by atoms with E-state index in [2.05, 4.69) is 17.6 Å². The van der Waals surface area contributed by atoms with E-state index in [1.807, 2.05) is 0 Å². The summed E-state index contributed by atoms with van der Waals surface area (Å²) < 4.78 is 5.31. The Kier molecular flexibility index (Phi) is 3.59. The molecule has 0 aliphatic carbocycles. The van der Waals surface area contributed by atoms with Gasteiger partial charge in [0.2, 0.25) is 5.91 Å². The van der Waals surface area contributed by atoms with Crippen molar-refractivity contribution >= 4 is 5.91 Å². The number of piperidine rings is 1. The fourth-order valence-corrected chi connectivity index (χ4v) is 2.29. The Balaban J connectivity index is 1.78. The average molecular weight is 212 g/mol. The Hall–Kier alpha value is -0.610. The molecule has 2 rings (SSSR count). The van der Waals surface area contributed by atoms with Crippen LogP contribution < -0.4 is 10.6 Å². The normalized spacial score (nSPS) is 36.6. The molecule has 2 heterocycles. The van der Waals surface area contributed by atoms with Crippen LogP contribution in [-0.4, -0.2) is 38.3 Å². The Morgan fingerprint density at radius 3 is 3.07 bits per heavy atom. The smallest absolute Gasteiger partial charge is 0.237 e. The fraction of sp³-hybridized carbons (Fsp3) is 0.909. The van der Waals surface area contributed by atoms with Gasteiger partial charge in [-0.2, -0.15) is 0 Å². The molecule has 4 heteroatoms. The zero-order valence-electron chi connectivity index (χ0n) is 9.29. The molecule has 3 atom stereocenters. The third-order valence-corrected chi connectivity index (χ3v) is 3.40. The molecule has 0 aromatic rings. The first kappa shape index (κ1) is 10.9. The highest BCUT2D eigenvalue weighted by molar-refractivity contribution is 5.82. The predicted molar refractivity (Wildman–Crippen MR) is 57.5 cm³/mol. The molecule has 3 unspecified atom stereocenters. The van der Waals surface area contributed by atoms with Crippen molar-refractivity contribution in [1.82, 2.24) is 10.6 Å². The van der Waals surface area contributed by atoms with Crippen LogP contribution in [-0.2, 0) is 9.53 Å². The molecule has 2 aliphatic rings. The van der Waals surface area contributed by atoms with Gasteiger partial charge in [-0.25, -0.2) is 0 Å². The van der Waals surface area contributed by atoms with Gasteiger partial charge in [-0.1, -0.05) is 6.92 Å². The van der Waals surface area contributed by atoms with E-state index >= 15 is 0 Å². The van der Waals surface area contributed by atoms with Crippen molar-refractivity contribution in [3.63, 3.8) is 0 Å². The van der Waals surface area contributed by atoms with Gasteiger partial charge in [0.05, 0.1) is 12.6 Å². The first-order chi connectivity index (χ1) is 7.27. The van der Waals surface area contributed by atoms with Gasteiger partial charge in [-0.3, -0.25) is 4.79 Å². The quantitative estimate of drug-likeness (QED) is 0.699. The summed E-state index contributed by atoms with van der Waals surface area (Å²) in [7, 11) is 0. The van der Waals surface area contributed by atoms with E-state index in [1.54, 1.807) is 0 Å². The van der Waals surface area contributed by atoms with Gasteiger partial charge in [-0.15, -0.1) is 0 Å². The van der Waals surface area contributed by atoms with E-state index < -0.39 is 0 Å². The van der Waals surface area contributed by atoms with E-state index in [9.17, 15) is 4.79 Å². The number of ether oxygens (including phenoxy) is 1. The number of hydrogen-bond acceptors (Lipinski definition) is 3. The minimum Gasteiger partial charge on any atom is -0.381 e. The van der Waals surface area contributed by atoms with E-state index in [4.69, 9.17) is 4.74 Å². The van der Waals surface area contributed by atoms with Crippen LogP contribution in [0.2, 0.25) is 0 Å². The van der Waals surface area contributed by atoms with Crippen LogP contribution >= 0.6 is 0 Å². The maximum Gasteiger partial charge on any atom is 0.237 e. The van der Waals surface area contributed by atoms with Gasteiger partial charge in [-0.05, 0) is 24.7 Å². The highest BCUT2D eigenvalue weighted by Crippen LogP contribution is 2.15. The van der Waals surface area contributed by atoms with Gasteiger partial charge in [0.1, 0.15) is 0 Å². The van der Waals surface area contributed by atoms with Crippen LogP contribution in [0.1, 0.15) is 19.8 Å². The largest absolute Gasteiger partial charge is 0.381 e. The maximum absolute atomic E-state index is 11.6. The van der Waals surface area contributed by atoms with Crippen molar-refractivity contribution in [3.8, 4) is 0 Å². The highest BCUT2D eigenvalue weighted by Gasteiger charge is 2.29. The van der Waals surface area contributed by atoms with Crippen LogP contribution in [0.15, 0.2) is 0 Å². The number of nitrogens with one attached hydrogen (secondary N) is 2. The molecule has 0 spiro atoms. The van der Waals surface area contributed by atoms with E-state index in [0.29, 0.717) is 11.8 Å². The topological polar surface area (TPSA) is 50.4 Å². The minimum absolute atomic E-state index is 0.000602. The van der Waals surface area contributed by atoms with E-state index in [0.717, 1.165) is 39.1 Å². The second kappa shape index (κ2) is 4.94. The number of rotatable bonds is 3. The van der Waals surface area contributed by atoms with Crippen LogP contribution in [0.5, 0.6) is 0 Å². The van der Waals surface area contributed by atoms with Crippen molar-refractivity contribution in [2.24, 2.45) is 11.8 Å². The number of hydrogen-bond donors (Lipinski definition) is 2. The Bertz CT molecular complexity index is 227. The Morgan fingerprint density at radius 2 is 2.40 bits per heavy atom. The summed E-state index contributed by atoms with van der Waals surface area (Å²) in [6.07, 6.45) is 2.19. The van der Waals surface area contributed by atoms with Gasteiger partial charge in [0.15, 0.2) is 0 Å². The van der Waals surface area contributed by atoms with Gasteiger partial charge < -0.3 is 15.4 Å². The second-order valence-corrected chi connectivity index (χ2v) is 4.67. The van der Waals surface area contributed by atoms with Crippen molar-refractivity contribution in [1.29, 1.82) is 0 Å². The molecule has 2 saturated heterocycles. The van der Waals surface area contributed by atoms with Crippen LogP contribution in [0, 0.1) is 11.8 Å². The molecule has 86 valence electrons. The van der Waals surface area contributed by atoms with Gasteiger partial charge in [0.25, 0.3) is 0 Å². The molecular formula is C11H20N2O2. The fourth-order valence-electron chi connectivity index (χ4n) is 2.29. The third-order valence-electron chi connectivity index (χ3n) is 3.40. The molecule has 0 saturated carbocycles. The molecule has 0 aromatic carbocycles. The zero-order chi connectivity index (χ0) is 10.7. The first-order valence-electron chi connectivity index (χ1n) is 5.86. The molecule has 4 nitrogen and oxygen atoms in total. The Labute approximate surface area is 90.8 Å². The molecule has 2 aliphatic heterocycles. The molecule has 2 N–H and O–H groups in total. The number of carbonyl (C=O) groups excluding carboxylic acids is 1. The molecule has 15 heavy (non-hydrogen) atoms. The van der Waals surface area contributed by atoms with Crippen molar-refractivity contribution < 1.29 is 9.53 Å². The second-order valence-electron chi connectivity index (χ2n) is 4.67. The van der Waals surface area contributed by atoms with Gasteiger partial charge >= 0.3 is 0 Å². The third kappa shape index (κ3) is 2.69. The lowest BCUT2D eigenvalue weighted by Gasteiger charge is -2.29. The summed E-state index contributed by atoms with van der Waals surface area (Å²) in [6, 6.07) is -0.000602. The van der Waals surface area contributed by atoms with E-state index in [-0.39, 0.29) is 11.9 Å². The maximum atomic E-state index is 11.6. The number of amides is 1. The molecule has 2 fully saturated rings. The molecule has 0 radical (unpaired) electrons. The van der Waals surface area contributed by atoms with Crippen LogP contribution in [0.3, 0.4) is 0 Å². The van der Waals surface area contributed by atoms with Gasteiger partial charge in [0, 0.05) is 19.7 Å². The lowest BCUT2D eigenvalue weighted by Crippen LogP contribution is -2.53. The van der Waals surface area contributed by atoms with E-state index in [1.165, 1.54) is 0 Å². The summed E-state index contributed by atoms with van der Waals surface area (Å²) in [4.78, 5) is 11.6. The first-order valence-corrected chi connectivity index (χ1v) is 5.86. The van der Waals surface area contributed by atoms with Crippen molar-refractivity contribution in [2.45, 2.75) is 25.8 Å². The summed E-state index contributed by atoms with van der Waals surface area (Å²) in [5, 5.41) is 6.28. The minimum atomic E-state index is -0.000602. The Morgan fingerprint density at radius 1 is 1.53 bits per heavy atom. The summed E-state index contributed by atoms with van der Waals surface area (Å²) >= 11 is 0.